The Morgan fingerprint density at radius 2 is 1.36 bits per heavy atom. The number of aliphatic hydroxyl groups is 2. The Labute approximate surface area is 188 Å². The number of alkyl halides is 3. The molecule has 0 aromatic heterocycles. The molecule has 2 aromatic rings. The van der Waals surface area contributed by atoms with Crippen LogP contribution < -0.4 is 0 Å². The molecular formula is C21H30Cl4O3. The summed E-state index contributed by atoms with van der Waals surface area (Å²) in [6.07, 6.45) is 1.14. The lowest BCUT2D eigenvalue weighted by atomic mass is 10.2. The fourth-order valence-electron chi connectivity index (χ4n) is 1.34. The average Bonchev–Trinajstić information content (AvgIpc) is 2.59. The quantitative estimate of drug-likeness (QED) is 0.404. The molecule has 0 saturated heterocycles. The first-order valence-electron chi connectivity index (χ1n) is 8.69. The van der Waals surface area contributed by atoms with Crippen LogP contribution >= 0.6 is 46.4 Å². The number of aromatic hydroxyl groups is 1. The predicted molar refractivity (Wildman–Crippen MR) is 123 cm³/mol. The normalized spacial score (nSPS) is 10.4. The van der Waals surface area contributed by atoms with Crippen LogP contribution in [0.4, 0.5) is 0 Å². The van der Waals surface area contributed by atoms with Gasteiger partial charge in [-0.1, -0.05) is 83.7 Å². The molecule has 0 aliphatic heterocycles. The second-order valence-electron chi connectivity index (χ2n) is 6.15. The second kappa shape index (κ2) is 15.2. The molecule has 0 bridgehead atoms. The van der Waals surface area contributed by atoms with Gasteiger partial charge in [0.15, 0.2) is 0 Å². The van der Waals surface area contributed by atoms with Gasteiger partial charge in [-0.25, -0.2) is 0 Å². The Morgan fingerprint density at radius 3 is 1.61 bits per heavy atom. The van der Waals surface area contributed by atoms with E-state index in [0.717, 1.165) is 12.0 Å². The fraction of sp³-hybridized carbons (Fsp3) is 0.429. The van der Waals surface area contributed by atoms with E-state index >= 15 is 0 Å². The highest BCUT2D eigenvalue weighted by molar-refractivity contribution is 6.68. The Morgan fingerprint density at radius 1 is 0.929 bits per heavy atom. The van der Waals surface area contributed by atoms with E-state index in [4.69, 9.17) is 61.7 Å². The van der Waals surface area contributed by atoms with Crippen LogP contribution in [0.5, 0.6) is 5.75 Å². The van der Waals surface area contributed by atoms with Crippen molar-refractivity contribution in [1.82, 2.24) is 0 Å². The van der Waals surface area contributed by atoms with Gasteiger partial charge in [-0.15, -0.1) is 0 Å². The lowest BCUT2D eigenvalue weighted by molar-refractivity contribution is 0.0847. The van der Waals surface area contributed by atoms with E-state index < -0.39 is 9.39 Å². The minimum atomic E-state index is -1.59. The summed E-state index contributed by atoms with van der Waals surface area (Å²) in [7, 11) is 0. The summed E-state index contributed by atoms with van der Waals surface area (Å²) in [5.74, 6) is 0.261. The van der Waals surface area contributed by atoms with E-state index in [1.165, 1.54) is 19.4 Å². The fourth-order valence-corrected chi connectivity index (χ4v) is 1.46. The standard InChI is InChI=1S/C8H10.C7H7ClO.C4H7Cl3O.C2H6O/c1-2-8-6-4-3-5-7-8;1-5-4-6(9)2-3-7(5)8;1-3(2,8)4(5,6)7;1-2-3/h3-7H,2H2,1H3;2-4,9H,1H3;8H,1-2H3;3H,2H2,1H3. The van der Waals surface area contributed by atoms with E-state index in [9.17, 15) is 0 Å². The lowest BCUT2D eigenvalue weighted by Crippen LogP contribution is -2.35. The summed E-state index contributed by atoms with van der Waals surface area (Å²) < 4.78 is -1.59. The molecule has 2 rings (SSSR count). The van der Waals surface area contributed by atoms with Crippen molar-refractivity contribution in [3.8, 4) is 5.75 Å². The van der Waals surface area contributed by atoms with Gasteiger partial charge in [-0.3, -0.25) is 0 Å². The first kappa shape index (κ1) is 29.5. The third-order valence-corrected chi connectivity index (χ3v) is 4.90. The number of aryl methyl sites for hydroxylation is 2. The van der Waals surface area contributed by atoms with Gasteiger partial charge in [0.05, 0.1) is 0 Å². The van der Waals surface area contributed by atoms with E-state index in [1.54, 1.807) is 25.1 Å². The van der Waals surface area contributed by atoms with Gasteiger partial charge in [0.1, 0.15) is 11.4 Å². The molecule has 2 aromatic carbocycles. The molecule has 0 atom stereocenters. The van der Waals surface area contributed by atoms with Crippen molar-refractivity contribution in [1.29, 1.82) is 0 Å². The molecule has 0 fully saturated rings. The first-order valence-corrected chi connectivity index (χ1v) is 10.2. The van der Waals surface area contributed by atoms with Crippen molar-refractivity contribution in [2.24, 2.45) is 0 Å². The average molecular weight is 472 g/mol. The topological polar surface area (TPSA) is 60.7 Å². The summed E-state index contributed by atoms with van der Waals surface area (Å²) in [5.41, 5.74) is 1.04. The van der Waals surface area contributed by atoms with Crippen LogP contribution in [0.25, 0.3) is 0 Å². The molecular weight excluding hydrogens is 442 g/mol. The molecule has 0 spiro atoms. The van der Waals surface area contributed by atoms with Gasteiger partial charge < -0.3 is 15.3 Å². The van der Waals surface area contributed by atoms with Gasteiger partial charge >= 0.3 is 0 Å². The number of benzene rings is 2. The number of hydrogen-bond donors (Lipinski definition) is 3. The Kier molecular flexibility index (Phi) is 16.0. The molecule has 3 nitrogen and oxygen atoms in total. The molecule has 0 saturated carbocycles. The zero-order valence-electron chi connectivity index (χ0n) is 16.9. The maximum atomic E-state index is 8.96. The number of aliphatic hydroxyl groups excluding tert-OH is 1. The first-order chi connectivity index (χ1) is 12.8. The van der Waals surface area contributed by atoms with Crippen molar-refractivity contribution in [3.05, 3.63) is 64.7 Å². The van der Waals surface area contributed by atoms with E-state index in [-0.39, 0.29) is 12.4 Å². The summed E-state index contributed by atoms with van der Waals surface area (Å²) in [4.78, 5) is 0. The van der Waals surface area contributed by atoms with Gasteiger partial charge in [-0.2, -0.15) is 0 Å². The summed E-state index contributed by atoms with van der Waals surface area (Å²) in [6.45, 7) is 8.80. The third-order valence-electron chi connectivity index (χ3n) is 3.09. The molecule has 0 amide bonds. The molecule has 0 aliphatic carbocycles. The molecule has 0 radical (unpaired) electrons. The van der Waals surface area contributed by atoms with Crippen molar-refractivity contribution in [3.63, 3.8) is 0 Å². The monoisotopic (exact) mass is 470 g/mol. The number of rotatable bonds is 1. The van der Waals surface area contributed by atoms with E-state index in [0.29, 0.717) is 5.02 Å². The minimum Gasteiger partial charge on any atom is -0.508 e. The highest BCUT2D eigenvalue weighted by Gasteiger charge is 2.38. The largest absolute Gasteiger partial charge is 0.508 e. The van der Waals surface area contributed by atoms with Crippen LogP contribution in [-0.4, -0.2) is 31.3 Å². The summed E-state index contributed by atoms with van der Waals surface area (Å²) >= 11 is 21.5. The minimum absolute atomic E-state index is 0.250. The molecule has 0 aliphatic rings. The van der Waals surface area contributed by atoms with Crippen molar-refractivity contribution >= 4 is 46.4 Å². The van der Waals surface area contributed by atoms with Gasteiger partial charge in [0, 0.05) is 11.6 Å². The Bertz CT molecular complexity index is 624. The highest BCUT2D eigenvalue weighted by atomic mass is 35.6. The van der Waals surface area contributed by atoms with Crippen molar-refractivity contribution < 1.29 is 15.3 Å². The second-order valence-corrected chi connectivity index (χ2v) is 8.83. The predicted octanol–water partition coefficient (Wildman–Crippen LogP) is 6.73. The smallest absolute Gasteiger partial charge is 0.218 e. The SMILES string of the molecule is CC(C)(O)C(Cl)(Cl)Cl.CCO.CCc1ccccc1.Cc1cc(O)ccc1Cl. The lowest BCUT2D eigenvalue weighted by Gasteiger charge is -2.25. The van der Waals surface area contributed by atoms with Crippen molar-refractivity contribution in [2.75, 3.05) is 6.61 Å². The molecule has 0 heterocycles. The van der Waals surface area contributed by atoms with Crippen molar-refractivity contribution in [2.45, 2.75) is 50.4 Å². The van der Waals surface area contributed by atoms with Gasteiger partial charge in [-0.05, 0) is 63.4 Å². The van der Waals surface area contributed by atoms with Gasteiger partial charge in [0.2, 0.25) is 3.79 Å². The van der Waals surface area contributed by atoms with Crippen LogP contribution in [-0.2, 0) is 6.42 Å². The molecule has 0 unspecified atom stereocenters. The Hall–Kier alpha value is -0.680. The van der Waals surface area contributed by atoms with Crippen LogP contribution in [0.3, 0.4) is 0 Å². The number of halogens is 4. The number of hydrogen-bond acceptors (Lipinski definition) is 3. The van der Waals surface area contributed by atoms with E-state index in [2.05, 4.69) is 31.2 Å². The molecule has 28 heavy (non-hydrogen) atoms. The van der Waals surface area contributed by atoms with Crippen LogP contribution in [0.1, 0.15) is 38.8 Å². The highest BCUT2D eigenvalue weighted by Crippen LogP contribution is 2.37. The van der Waals surface area contributed by atoms with Crippen LogP contribution in [0.2, 0.25) is 5.02 Å². The maximum Gasteiger partial charge on any atom is 0.218 e. The van der Waals surface area contributed by atoms with E-state index in [1.807, 2.05) is 13.0 Å². The van der Waals surface area contributed by atoms with Crippen LogP contribution in [0.15, 0.2) is 48.5 Å². The number of phenolic OH excluding ortho intramolecular Hbond substituents is 1. The maximum absolute atomic E-state index is 8.96. The summed E-state index contributed by atoms with van der Waals surface area (Å²) in [5, 5.41) is 26.1. The third kappa shape index (κ3) is 15.3. The van der Waals surface area contributed by atoms with Crippen LogP contribution in [0, 0.1) is 6.92 Å². The zero-order valence-corrected chi connectivity index (χ0v) is 19.9. The zero-order chi connectivity index (χ0) is 22.4. The Balaban J connectivity index is 0. The number of phenols is 1. The molecule has 3 N–H and O–H groups in total. The summed E-state index contributed by atoms with van der Waals surface area (Å²) in [6, 6.07) is 15.3. The molecule has 160 valence electrons. The van der Waals surface area contributed by atoms with Gasteiger partial charge in [0.25, 0.3) is 0 Å². The molecule has 7 heteroatoms.